The highest BCUT2D eigenvalue weighted by atomic mass is 16.5. The fraction of sp³-hybridized carbons (Fsp3) is 0.938. The Labute approximate surface area is 123 Å². The van der Waals surface area contributed by atoms with Crippen molar-refractivity contribution >= 4 is 5.91 Å². The predicted octanol–water partition coefficient (Wildman–Crippen LogP) is 2.31. The van der Waals surface area contributed by atoms with Gasteiger partial charge in [-0.2, -0.15) is 0 Å². The summed E-state index contributed by atoms with van der Waals surface area (Å²) in [6, 6.07) is 0.139. The summed E-state index contributed by atoms with van der Waals surface area (Å²) < 4.78 is 6.13. The van der Waals surface area contributed by atoms with Crippen molar-refractivity contribution in [3.8, 4) is 0 Å². The van der Waals surface area contributed by atoms with E-state index in [4.69, 9.17) is 10.5 Å². The zero-order valence-electron chi connectivity index (χ0n) is 13.0. The van der Waals surface area contributed by atoms with Crippen molar-refractivity contribution in [3.63, 3.8) is 0 Å². The number of nitrogens with zero attached hydrogens (tertiary/aromatic N) is 1. The molecule has 4 unspecified atom stereocenters. The molecular formula is C16H30N2O2. The third-order valence-corrected chi connectivity index (χ3v) is 4.66. The molecule has 4 atom stereocenters. The summed E-state index contributed by atoms with van der Waals surface area (Å²) in [7, 11) is 0. The van der Waals surface area contributed by atoms with Crippen molar-refractivity contribution in [2.24, 2.45) is 11.7 Å². The van der Waals surface area contributed by atoms with Crippen LogP contribution in [0.3, 0.4) is 0 Å². The van der Waals surface area contributed by atoms with E-state index in [0.29, 0.717) is 6.54 Å². The fourth-order valence-corrected chi connectivity index (χ4v) is 3.48. The minimum Gasteiger partial charge on any atom is -0.365 e. The minimum absolute atomic E-state index is 0.139. The first-order valence-corrected chi connectivity index (χ1v) is 8.30. The second-order valence-corrected chi connectivity index (χ2v) is 6.61. The Morgan fingerprint density at radius 2 is 2.15 bits per heavy atom. The molecule has 116 valence electrons. The largest absolute Gasteiger partial charge is 0.365 e. The molecule has 2 rings (SSSR count). The van der Waals surface area contributed by atoms with E-state index in [9.17, 15) is 4.79 Å². The molecule has 1 saturated heterocycles. The Kier molecular flexibility index (Phi) is 5.85. The molecule has 4 nitrogen and oxygen atoms in total. The Bertz CT molecular complexity index is 322. The number of ether oxygens (including phenoxy) is 1. The van der Waals surface area contributed by atoms with Gasteiger partial charge in [-0.05, 0) is 38.0 Å². The summed E-state index contributed by atoms with van der Waals surface area (Å²) in [5, 5.41) is 0. The van der Waals surface area contributed by atoms with Crippen LogP contribution in [0, 0.1) is 5.92 Å². The van der Waals surface area contributed by atoms with Gasteiger partial charge in [-0.25, -0.2) is 0 Å². The number of carbonyl (C=O) groups excluding carboxylic acids is 1. The monoisotopic (exact) mass is 282 g/mol. The average molecular weight is 282 g/mol. The van der Waals surface area contributed by atoms with Crippen LogP contribution in [-0.4, -0.2) is 42.1 Å². The topological polar surface area (TPSA) is 55.6 Å². The van der Waals surface area contributed by atoms with E-state index in [-0.39, 0.29) is 24.2 Å². The van der Waals surface area contributed by atoms with Gasteiger partial charge in [0, 0.05) is 19.1 Å². The van der Waals surface area contributed by atoms with Crippen LogP contribution >= 0.6 is 0 Å². The number of carbonyl (C=O) groups is 1. The van der Waals surface area contributed by atoms with Crippen LogP contribution in [0.25, 0.3) is 0 Å². The maximum Gasteiger partial charge on any atom is 0.251 e. The Hall–Kier alpha value is -0.610. The van der Waals surface area contributed by atoms with Gasteiger partial charge in [0.25, 0.3) is 5.91 Å². The molecule has 0 bridgehead atoms. The van der Waals surface area contributed by atoms with Gasteiger partial charge in [-0.1, -0.05) is 26.7 Å². The van der Waals surface area contributed by atoms with Crippen molar-refractivity contribution in [2.75, 3.05) is 13.1 Å². The molecule has 2 aliphatic rings. The van der Waals surface area contributed by atoms with E-state index >= 15 is 0 Å². The molecular weight excluding hydrogens is 252 g/mol. The Balaban J connectivity index is 1.88. The highest BCUT2D eigenvalue weighted by Crippen LogP contribution is 2.27. The molecule has 0 aromatic carbocycles. The first-order valence-electron chi connectivity index (χ1n) is 8.30. The van der Waals surface area contributed by atoms with E-state index in [1.54, 1.807) is 0 Å². The van der Waals surface area contributed by atoms with Crippen molar-refractivity contribution in [1.82, 2.24) is 4.90 Å². The number of nitrogens with two attached hydrogens (primary N) is 1. The zero-order valence-corrected chi connectivity index (χ0v) is 13.0. The fourth-order valence-electron chi connectivity index (χ4n) is 3.48. The summed E-state index contributed by atoms with van der Waals surface area (Å²) >= 11 is 0. The standard InChI is InChI=1S/C16H30N2O2/c1-3-15(20-14-8-4-6-12(2)10-14)16(19)18-9-5-7-13(17)11-18/h12-15H,3-11,17H2,1-2H3. The van der Waals surface area contributed by atoms with Crippen molar-refractivity contribution in [1.29, 1.82) is 0 Å². The number of hydrogen-bond acceptors (Lipinski definition) is 3. The van der Waals surface area contributed by atoms with Gasteiger partial charge in [0.1, 0.15) is 6.10 Å². The second kappa shape index (κ2) is 7.41. The van der Waals surface area contributed by atoms with Crippen LogP contribution in [-0.2, 0) is 9.53 Å². The highest BCUT2D eigenvalue weighted by molar-refractivity contribution is 5.81. The molecule has 1 amide bonds. The number of amides is 1. The number of rotatable bonds is 4. The third kappa shape index (κ3) is 4.19. The lowest BCUT2D eigenvalue weighted by molar-refractivity contribution is -0.151. The normalized spacial score (nSPS) is 33.0. The highest BCUT2D eigenvalue weighted by Gasteiger charge is 2.30. The quantitative estimate of drug-likeness (QED) is 0.861. The molecule has 1 saturated carbocycles. The lowest BCUT2D eigenvalue weighted by Gasteiger charge is -2.35. The first-order chi connectivity index (χ1) is 9.60. The van der Waals surface area contributed by atoms with E-state index in [0.717, 1.165) is 44.6 Å². The van der Waals surface area contributed by atoms with Gasteiger partial charge >= 0.3 is 0 Å². The van der Waals surface area contributed by atoms with Gasteiger partial charge in [-0.3, -0.25) is 4.79 Å². The Morgan fingerprint density at radius 1 is 1.35 bits per heavy atom. The SMILES string of the molecule is CCC(OC1CCCC(C)C1)C(=O)N1CCCC(N)C1. The molecule has 20 heavy (non-hydrogen) atoms. The first kappa shape index (κ1) is 15.8. The minimum atomic E-state index is -0.268. The van der Waals surface area contributed by atoms with E-state index < -0.39 is 0 Å². The molecule has 1 heterocycles. The van der Waals surface area contributed by atoms with Crippen LogP contribution in [0.15, 0.2) is 0 Å². The molecule has 0 aromatic heterocycles. The lowest BCUT2D eigenvalue weighted by atomic mass is 9.88. The van der Waals surface area contributed by atoms with E-state index in [1.165, 1.54) is 12.8 Å². The summed E-state index contributed by atoms with van der Waals surface area (Å²) in [4.78, 5) is 14.5. The number of hydrogen-bond donors (Lipinski definition) is 1. The lowest BCUT2D eigenvalue weighted by Crippen LogP contribution is -2.50. The molecule has 0 radical (unpaired) electrons. The summed E-state index contributed by atoms with van der Waals surface area (Å²) in [6.07, 6.45) is 7.54. The van der Waals surface area contributed by atoms with Crippen LogP contribution in [0.4, 0.5) is 0 Å². The number of likely N-dealkylation sites (tertiary alicyclic amines) is 1. The van der Waals surface area contributed by atoms with Crippen LogP contribution < -0.4 is 5.73 Å². The zero-order chi connectivity index (χ0) is 14.5. The van der Waals surface area contributed by atoms with Gasteiger partial charge in [0.05, 0.1) is 6.10 Å². The summed E-state index contributed by atoms with van der Waals surface area (Å²) in [5.41, 5.74) is 5.97. The third-order valence-electron chi connectivity index (χ3n) is 4.66. The summed E-state index contributed by atoms with van der Waals surface area (Å²) in [6.45, 7) is 5.86. The van der Waals surface area contributed by atoms with Gasteiger partial charge < -0.3 is 15.4 Å². The average Bonchev–Trinajstić information content (AvgIpc) is 2.44. The van der Waals surface area contributed by atoms with Crippen molar-refractivity contribution < 1.29 is 9.53 Å². The molecule has 2 N–H and O–H groups in total. The van der Waals surface area contributed by atoms with Crippen LogP contribution in [0.2, 0.25) is 0 Å². The molecule has 0 aromatic rings. The maximum absolute atomic E-state index is 12.6. The van der Waals surface area contributed by atoms with Gasteiger partial charge in [0.2, 0.25) is 0 Å². The molecule has 1 aliphatic heterocycles. The second-order valence-electron chi connectivity index (χ2n) is 6.61. The molecule has 4 heteroatoms. The summed E-state index contributed by atoms with van der Waals surface area (Å²) in [5.74, 6) is 0.880. The molecule has 1 aliphatic carbocycles. The van der Waals surface area contributed by atoms with Gasteiger partial charge in [0.15, 0.2) is 0 Å². The number of piperidine rings is 1. The van der Waals surface area contributed by atoms with Gasteiger partial charge in [-0.15, -0.1) is 0 Å². The van der Waals surface area contributed by atoms with E-state index in [1.807, 2.05) is 11.8 Å². The smallest absolute Gasteiger partial charge is 0.251 e. The predicted molar refractivity (Wildman–Crippen MR) is 80.4 cm³/mol. The Morgan fingerprint density at radius 3 is 2.80 bits per heavy atom. The van der Waals surface area contributed by atoms with Crippen LogP contribution in [0.1, 0.15) is 58.8 Å². The van der Waals surface area contributed by atoms with E-state index in [2.05, 4.69) is 6.92 Å². The van der Waals surface area contributed by atoms with Crippen LogP contribution in [0.5, 0.6) is 0 Å². The molecule has 2 fully saturated rings. The molecule has 0 spiro atoms. The van der Waals surface area contributed by atoms with Crippen molar-refractivity contribution in [2.45, 2.75) is 77.0 Å². The maximum atomic E-state index is 12.6. The van der Waals surface area contributed by atoms with Crippen molar-refractivity contribution in [3.05, 3.63) is 0 Å².